The number of rotatable bonds is 15. The van der Waals surface area contributed by atoms with E-state index < -0.39 is 5.97 Å². The third kappa shape index (κ3) is 7.62. The van der Waals surface area contributed by atoms with Crippen molar-refractivity contribution < 1.29 is 14.4 Å². The van der Waals surface area contributed by atoms with Gasteiger partial charge in [-0.1, -0.05) is 58.3 Å². The topological polar surface area (TPSA) is 37.3 Å². The molecule has 0 radical (unpaired) electrons. The minimum atomic E-state index is -0.606. The zero-order valence-electron chi connectivity index (χ0n) is 15.6. The molecule has 0 aliphatic carbocycles. The first-order valence-corrected chi connectivity index (χ1v) is 9.66. The van der Waals surface area contributed by atoms with Gasteiger partial charge in [0.15, 0.2) is 6.04 Å². The number of nitrogens with zero attached hydrogens (tertiary/aromatic N) is 1. The molecule has 0 saturated carbocycles. The van der Waals surface area contributed by atoms with Crippen LogP contribution < -0.4 is 0 Å². The molecular weight excluding hydrogens is 274 g/mol. The molecule has 132 valence electrons. The Morgan fingerprint density at radius 2 is 1.18 bits per heavy atom. The second-order valence-electron chi connectivity index (χ2n) is 6.64. The van der Waals surface area contributed by atoms with Crippen molar-refractivity contribution in [2.75, 3.05) is 19.6 Å². The van der Waals surface area contributed by atoms with Crippen LogP contribution in [-0.2, 0) is 4.79 Å². The highest BCUT2D eigenvalue weighted by molar-refractivity contribution is 5.72. The predicted molar refractivity (Wildman–Crippen MR) is 95.2 cm³/mol. The van der Waals surface area contributed by atoms with E-state index in [1.807, 2.05) is 0 Å². The van der Waals surface area contributed by atoms with Gasteiger partial charge < -0.3 is 9.59 Å². The molecule has 1 unspecified atom stereocenters. The fraction of sp³-hybridized carbons (Fsp3) is 0.947. The van der Waals surface area contributed by atoms with Crippen LogP contribution in [0.5, 0.6) is 0 Å². The fourth-order valence-corrected chi connectivity index (χ4v) is 3.61. The number of hydrogen-bond acceptors (Lipinski definition) is 1. The van der Waals surface area contributed by atoms with Gasteiger partial charge in [0.1, 0.15) is 0 Å². The van der Waals surface area contributed by atoms with Crippen molar-refractivity contribution in [3.05, 3.63) is 0 Å². The summed E-state index contributed by atoms with van der Waals surface area (Å²) in [5.74, 6) is -0.606. The van der Waals surface area contributed by atoms with E-state index in [-0.39, 0.29) is 6.04 Å². The Hall–Kier alpha value is -0.570. The van der Waals surface area contributed by atoms with Gasteiger partial charge in [0, 0.05) is 6.42 Å². The Balaban J connectivity index is 4.00. The van der Waals surface area contributed by atoms with Gasteiger partial charge in [-0.2, -0.15) is 0 Å². The van der Waals surface area contributed by atoms with Crippen molar-refractivity contribution in [2.45, 2.75) is 97.9 Å². The number of aliphatic carboxylic acids is 1. The normalized spacial score (nSPS) is 13.3. The van der Waals surface area contributed by atoms with Gasteiger partial charge >= 0.3 is 5.97 Å². The van der Waals surface area contributed by atoms with E-state index in [1.165, 1.54) is 51.4 Å². The molecule has 0 aliphatic heterocycles. The summed E-state index contributed by atoms with van der Waals surface area (Å²) in [4.78, 5) is 11.7. The molecule has 3 nitrogen and oxygen atoms in total. The Kier molecular flexibility index (Phi) is 12.6. The molecule has 0 fully saturated rings. The highest BCUT2D eigenvalue weighted by Gasteiger charge is 2.37. The maximum Gasteiger partial charge on any atom is 0.362 e. The first-order valence-electron chi connectivity index (χ1n) is 9.66. The summed E-state index contributed by atoms with van der Waals surface area (Å²) in [6.45, 7) is 11.4. The predicted octanol–water partition coefficient (Wildman–Crippen LogP) is 5.24. The summed E-state index contributed by atoms with van der Waals surface area (Å²) < 4.78 is 0.729. The molecule has 1 N–H and O–H groups in total. The van der Waals surface area contributed by atoms with Crippen LogP contribution in [0, 0.1) is 0 Å². The Bertz CT molecular complexity index is 266. The first kappa shape index (κ1) is 21.4. The summed E-state index contributed by atoms with van der Waals surface area (Å²) >= 11 is 0. The second kappa shape index (κ2) is 12.9. The quantitative estimate of drug-likeness (QED) is 0.331. The van der Waals surface area contributed by atoms with Crippen LogP contribution in [0.1, 0.15) is 91.9 Å². The van der Waals surface area contributed by atoms with Crippen molar-refractivity contribution in [2.24, 2.45) is 0 Å². The molecule has 0 rings (SSSR count). The van der Waals surface area contributed by atoms with Crippen LogP contribution in [0.15, 0.2) is 0 Å². The fourth-order valence-electron chi connectivity index (χ4n) is 3.61. The average molecular weight is 315 g/mol. The van der Waals surface area contributed by atoms with Crippen molar-refractivity contribution in [1.29, 1.82) is 0 Å². The molecule has 0 amide bonds. The lowest BCUT2D eigenvalue weighted by Gasteiger charge is -2.40. The van der Waals surface area contributed by atoms with Crippen LogP contribution in [0.2, 0.25) is 0 Å². The smallest absolute Gasteiger partial charge is 0.362 e. The lowest BCUT2D eigenvalue weighted by molar-refractivity contribution is -0.939. The third-order valence-corrected chi connectivity index (χ3v) is 5.42. The van der Waals surface area contributed by atoms with E-state index in [0.29, 0.717) is 0 Å². The molecule has 0 heterocycles. The summed E-state index contributed by atoms with van der Waals surface area (Å²) in [5, 5.41) is 9.61. The first-order chi connectivity index (χ1) is 10.6. The van der Waals surface area contributed by atoms with E-state index in [2.05, 4.69) is 27.7 Å². The molecule has 3 heteroatoms. The molecule has 0 saturated heterocycles. The van der Waals surface area contributed by atoms with E-state index in [4.69, 9.17) is 0 Å². The van der Waals surface area contributed by atoms with Crippen molar-refractivity contribution in [3.8, 4) is 0 Å². The third-order valence-electron chi connectivity index (χ3n) is 5.42. The monoisotopic (exact) mass is 314 g/mol. The Morgan fingerprint density at radius 3 is 1.55 bits per heavy atom. The number of hydrogen-bond donors (Lipinski definition) is 1. The number of unbranched alkanes of at least 4 members (excludes halogenated alkanes) is 8. The number of carbonyl (C=O) groups is 1. The maximum absolute atomic E-state index is 11.7. The van der Waals surface area contributed by atoms with Gasteiger partial charge in [-0.05, 0) is 27.2 Å². The Labute approximate surface area is 138 Å². The number of likely N-dealkylation sites (N-methyl/N-ethyl adjacent to an activating group) is 1. The zero-order valence-corrected chi connectivity index (χ0v) is 15.6. The molecule has 22 heavy (non-hydrogen) atoms. The lowest BCUT2D eigenvalue weighted by Crippen LogP contribution is -2.58. The van der Waals surface area contributed by atoms with E-state index in [1.54, 1.807) is 0 Å². The maximum atomic E-state index is 11.7. The minimum Gasteiger partial charge on any atom is -0.477 e. The lowest BCUT2D eigenvalue weighted by atomic mass is 10.0. The van der Waals surface area contributed by atoms with Gasteiger partial charge in [-0.15, -0.1) is 0 Å². The number of quaternary nitrogens is 1. The van der Waals surface area contributed by atoms with E-state index >= 15 is 0 Å². The summed E-state index contributed by atoms with van der Waals surface area (Å²) in [6.07, 6.45) is 12.4. The highest BCUT2D eigenvalue weighted by atomic mass is 16.4. The average Bonchev–Trinajstić information content (AvgIpc) is 2.52. The second-order valence-corrected chi connectivity index (χ2v) is 6.64. The van der Waals surface area contributed by atoms with Crippen LogP contribution in [0.25, 0.3) is 0 Å². The van der Waals surface area contributed by atoms with Crippen LogP contribution >= 0.6 is 0 Å². The minimum absolute atomic E-state index is 0.218. The zero-order chi connectivity index (χ0) is 16.8. The van der Waals surface area contributed by atoms with Gasteiger partial charge in [-0.3, -0.25) is 0 Å². The number of carboxylic acids is 1. The molecule has 0 aromatic carbocycles. The molecule has 0 aliphatic rings. The molecule has 0 aromatic rings. The van der Waals surface area contributed by atoms with E-state index in [9.17, 15) is 9.90 Å². The summed E-state index contributed by atoms with van der Waals surface area (Å²) in [5.41, 5.74) is 0. The van der Waals surface area contributed by atoms with Crippen LogP contribution in [0.3, 0.4) is 0 Å². The summed E-state index contributed by atoms with van der Waals surface area (Å²) in [6, 6.07) is -0.218. The highest BCUT2D eigenvalue weighted by Crippen LogP contribution is 2.20. The van der Waals surface area contributed by atoms with E-state index in [0.717, 1.165) is 37.0 Å². The standard InChI is InChI=1S/C19H39NO2/c1-5-9-10-11-12-13-14-15-16-17-18(19(21)22)20(6-2,7-3)8-4/h18H,5-17H2,1-4H3/p+1. The van der Waals surface area contributed by atoms with Gasteiger partial charge in [0.2, 0.25) is 0 Å². The van der Waals surface area contributed by atoms with Crippen molar-refractivity contribution in [3.63, 3.8) is 0 Å². The SMILES string of the molecule is CCCCCCCCCCCC(C(=O)O)[N+](CC)(CC)CC. The van der Waals surface area contributed by atoms with Gasteiger partial charge in [0.05, 0.1) is 19.6 Å². The summed E-state index contributed by atoms with van der Waals surface area (Å²) in [7, 11) is 0. The number of carboxylic acid groups (broad SMARTS) is 1. The Morgan fingerprint density at radius 1 is 0.773 bits per heavy atom. The van der Waals surface area contributed by atoms with Gasteiger partial charge in [-0.25, -0.2) is 4.79 Å². The van der Waals surface area contributed by atoms with Crippen molar-refractivity contribution in [1.82, 2.24) is 0 Å². The van der Waals surface area contributed by atoms with Crippen LogP contribution in [-0.4, -0.2) is 41.2 Å². The van der Waals surface area contributed by atoms with Crippen molar-refractivity contribution >= 4 is 5.97 Å². The van der Waals surface area contributed by atoms with Gasteiger partial charge in [0.25, 0.3) is 0 Å². The molecule has 0 spiro atoms. The van der Waals surface area contributed by atoms with Crippen LogP contribution in [0.4, 0.5) is 0 Å². The molecular formula is C19H40NO2+. The molecule has 1 atom stereocenters. The largest absolute Gasteiger partial charge is 0.477 e. The molecule has 0 bridgehead atoms. The molecule has 0 aromatic heterocycles.